The first kappa shape index (κ1) is 15.0. The number of carbonyl (C=O) groups is 1. The highest BCUT2D eigenvalue weighted by molar-refractivity contribution is 7.17. The Morgan fingerprint density at radius 2 is 2.00 bits per heavy atom. The summed E-state index contributed by atoms with van der Waals surface area (Å²) in [6.07, 6.45) is 0. The van der Waals surface area contributed by atoms with Gasteiger partial charge < -0.3 is 10.1 Å². The smallest absolute Gasteiger partial charge is 0.261 e. The van der Waals surface area contributed by atoms with Crippen LogP contribution in [0.15, 0.2) is 36.4 Å². The van der Waals surface area contributed by atoms with Crippen molar-refractivity contribution in [2.24, 2.45) is 0 Å². The lowest BCUT2D eigenvalue weighted by Gasteiger charge is -2.11. The number of carbonyl (C=O) groups excluding carboxylic acids is 1. The van der Waals surface area contributed by atoms with Crippen molar-refractivity contribution in [1.29, 1.82) is 0 Å². The van der Waals surface area contributed by atoms with Crippen molar-refractivity contribution in [3.8, 4) is 10.4 Å². The van der Waals surface area contributed by atoms with Crippen LogP contribution < -0.4 is 5.32 Å². The standard InChI is InChI=1S/C15H16ClNO2S/c1-10(9-19-2)17-15(18)14-8-7-13(20-14)11-3-5-12(16)6-4-11/h3-8,10H,9H2,1-2H3,(H,17,18). The van der Waals surface area contributed by atoms with Crippen LogP contribution >= 0.6 is 22.9 Å². The molecule has 1 heterocycles. The summed E-state index contributed by atoms with van der Waals surface area (Å²) in [5.74, 6) is -0.0697. The molecule has 0 spiro atoms. The van der Waals surface area contributed by atoms with Crippen molar-refractivity contribution in [1.82, 2.24) is 5.32 Å². The molecule has 20 heavy (non-hydrogen) atoms. The summed E-state index contributed by atoms with van der Waals surface area (Å²) >= 11 is 7.33. The maximum absolute atomic E-state index is 12.1. The minimum Gasteiger partial charge on any atom is -0.383 e. The predicted octanol–water partition coefficient (Wildman–Crippen LogP) is 3.83. The Balaban J connectivity index is 2.08. The first-order valence-electron chi connectivity index (χ1n) is 6.25. The quantitative estimate of drug-likeness (QED) is 0.911. The summed E-state index contributed by atoms with van der Waals surface area (Å²) in [5.41, 5.74) is 1.06. The maximum atomic E-state index is 12.1. The Bertz CT molecular complexity index is 580. The van der Waals surface area contributed by atoms with E-state index in [1.807, 2.05) is 43.3 Å². The summed E-state index contributed by atoms with van der Waals surface area (Å²) in [7, 11) is 1.62. The Morgan fingerprint density at radius 3 is 2.65 bits per heavy atom. The molecule has 0 aliphatic carbocycles. The fourth-order valence-corrected chi connectivity index (χ4v) is 2.86. The highest BCUT2D eigenvalue weighted by Crippen LogP contribution is 2.29. The number of amides is 1. The SMILES string of the molecule is COCC(C)NC(=O)c1ccc(-c2ccc(Cl)cc2)s1. The van der Waals surface area contributed by atoms with E-state index in [0.717, 1.165) is 10.4 Å². The molecule has 0 bridgehead atoms. The van der Waals surface area contributed by atoms with E-state index >= 15 is 0 Å². The lowest BCUT2D eigenvalue weighted by molar-refractivity contribution is 0.0909. The van der Waals surface area contributed by atoms with Gasteiger partial charge in [0.25, 0.3) is 5.91 Å². The van der Waals surface area contributed by atoms with Crippen molar-refractivity contribution in [3.63, 3.8) is 0 Å². The Hall–Kier alpha value is -1.36. The minimum absolute atomic E-state index is 0.00594. The molecule has 2 rings (SSSR count). The molecule has 1 unspecified atom stereocenters. The average molecular weight is 310 g/mol. The Kier molecular flexibility index (Phi) is 5.17. The van der Waals surface area contributed by atoms with E-state index in [9.17, 15) is 4.79 Å². The van der Waals surface area contributed by atoms with E-state index < -0.39 is 0 Å². The molecule has 0 aliphatic heterocycles. The third-order valence-electron chi connectivity index (χ3n) is 2.75. The predicted molar refractivity (Wildman–Crippen MR) is 83.6 cm³/mol. The number of halogens is 1. The largest absolute Gasteiger partial charge is 0.383 e. The molecule has 1 N–H and O–H groups in total. The molecule has 106 valence electrons. The monoisotopic (exact) mass is 309 g/mol. The Labute approximate surface area is 127 Å². The molecular formula is C15H16ClNO2S. The number of hydrogen-bond donors (Lipinski definition) is 1. The van der Waals surface area contributed by atoms with Gasteiger partial charge in [-0.25, -0.2) is 0 Å². The zero-order chi connectivity index (χ0) is 14.5. The first-order chi connectivity index (χ1) is 9.60. The van der Waals surface area contributed by atoms with Crippen LogP contribution in [0.5, 0.6) is 0 Å². The molecule has 2 aromatic rings. The topological polar surface area (TPSA) is 38.3 Å². The molecule has 1 aromatic carbocycles. The molecule has 0 fully saturated rings. The number of ether oxygens (including phenoxy) is 1. The molecular weight excluding hydrogens is 294 g/mol. The highest BCUT2D eigenvalue weighted by atomic mass is 35.5. The van der Waals surface area contributed by atoms with Crippen LogP contribution in [0.3, 0.4) is 0 Å². The third-order valence-corrected chi connectivity index (χ3v) is 4.14. The zero-order valence-electron chi connectivity index (χ0n) is 11.4. The average Bonchev–Trinajstić information content (AvgIpc) is 2.89. The van der Waals surface area contributed by atoms with Crippen molar-refractivity contribution < 1.29 is 9.53 Å². The molecule has 0 aliphatic rings. The van der Waals surface area contributed by atoms with Gasteiger partial charge in [0.15, 0.2) is 0 Å². The van der Waals surface area contributed by atoms with Crippen LogP contribution in [0.25, 0.3) is 10.4 Å². The van der Waals surface area contributed by atoms with E-state index in [0.29, 0.717) is 16.5 Å². The molecule has 0 saturated carbocycles. The fraction of sp³-hybridized carbons (Fsp3) is 0.267. The number of hydrogen-bond acceptors (Lipinski definition) is 3. The van der Waals surface area contributed by atoms with Gasteiger partial charge in [-0.2, -0.15) is 0 Å². The lowest BCUT2D eigenvalue weighted by atomic mass is 10.2. The molecule has 1 amide bonds. The molecule has 1 aromatic heterocycles. The number of nitrogens with one attached hydrogen (secondary N) is 1. The summed E-state index contributed by atoms with van der Waals surface area (Å²) in [5, 5.41) is 3.60. The number of methoxy groups -OCH3 is 1. The zero-order valence-corrected chi connectivity index (χ0v) is 12.9. The van der Waals surface area contributed by atoms with E-state index in [2.05, 4.69) is 5.32 Å². The van der Waals surface area contributed by atoms with Gasteiger partial charge in [0.05, 0.1) is 11.5 Å². The van der Waals surface area contributed by atoms with Gasteiger partial charge in [0, 0.05) is 23.1 Å². The maximum Gasteiger partial charge on any atom is 0.261 e. The molecule has 5 heteroatoms. The van der Waals surface area contributed by atoms with Gasteiger partial charge in [-0.3, -0.25) is 4.79 Å². The van der Waals surface area contributed by atoms with Crippen LogP contribution in [0.2, 0.25) is 5.02 Å². The van der Waals surface area contributed by atoms with Crippen LogP contribution in [0.4, 0.5) is 0 Å². The Morgan fingerprint density at radius 1 is 1.30 bits per heavy atom. The lowest BCUT2D eigenvalue weighted by Crippen LogP contribution is -2.35. The first-order valence-corrected chi connectivity index (χ1v) is 7.45. The van der Waals surface area contributed by atoms with E-state index in [-0.39, 0.29) is 11.9 Å². The van der Waals surface area contributed by atoms with Crippen molar-refractivity contribution >= 4 is 28.8 Å². The van der Waals surface area contributed by atoms with Gasteiger partial charge in [0.2, 0.25) is 0 Å². The number of benzene rings is 1. The van der Waals surface area contributed by atoms with Crippen molar-refractivity contribution in [2.45, 2.75) is 13.0 Å². The normalized spacial score (nSPS) is 12.2. The van der Waals surface area contributed by atoms with E-state index in [1.165, 1.54) is 11.3 Å². The fourth-order valence-electron chi connectivity index (χ4n) is 1.82. The molecule has 0 radical (unpaired) electrons. The van der Waals surface area contributed by atoms with Gasteiger partial charge in [-0.1, -0.05) is 23.7 Å². The van der Waals surface area contributed by atoms with E-state index in [1.54, 1.807) is 7.11 Å². The minimum atomic E-state index is -0.0697. The van der Waals surface area contributed by atoms with Crippen LogP contribution in [0.1, 0.15) is 16.6 Å². The summed E-state index contributed by atoms with van der Waals surface area (Å²) in [6.45, 7) is 2.41. The van der Waals surface area contributed by atoms with Gasteiger partial charge in [-0.15, -0.1) is 11.3 Å². The second kappa shape index (κ2) is 6.88. The second-order valence-electron chi connectivity index (χ2n) is 4.50. The highest BCUT2D eigenvalue weighted by Gasteiger charge is 2.12. The van der Waals surface area contributed by atoms with Crippen molar-refractivity contribution in [2.75, 3.05) is 13.7 Å². The second-order valence-corrected chi connectivity index (χ2v) is 6.02. The third kappa shape index (κ3) is 3.82. The van der Waals surface area contributed by atoms with Crippen LogP contribution in [0, 0.1) is 0 Å². The molecule has 0 saturated heterocycles. The number of thiophene rings is 1. The summed E-state index contributed by atoms with van der Waals surface area (Å²) in [4.78, 5) is 13.8. The van der Waals surface area contributed by atoms with Crippen LogP contribution in [-0.4, -0.2) is 25.7 Å². The number of rotatable bonds is 5. The van der Waals surface area contributed by atoms with Gasteiger partial charge >= 0.3 is 0 Å². The molecule has 3 nitrogen and oxygen atoms in total. The van der Waals surface area contributed by atoms with Gasteiger partial charge in [0.1, 0.15) is 0 Å². The van der Waals surface area contributed by atoms with Crippen molar-refractivity contribution in [3.05, 3.63) is 46.3 Å². The van der Waals surface area contributed by atoms with Gasteiger partial charge in [-0.05, 0) is 36.8 Å². The molecule has 1 atom stereocenters. The summed E-state index contributed by atoms with van der Waals surface area (Å²) < 4.78 is 5.00. The summed E-state index contributed by atoms with van der Waals surface area (Å²) in [6, 6.07) is 11.4. The van der Waals surface area contributed by atoms with E-state index in [4.69, 9.17) is 16.3 Å². The van der Waals surface area contributed by atoms with Crippen LogP contribution in [-0.2, 0) is 4.74 Å².